The summed E-state index contributed by atoms with van der Waals surface area (Å²) < 4.78 is 15.9. The molecule has 1 aromatic rings. The van der Waals surface area contributed by atoms with Gasteiger partial charge in [-0.1, -0.05) is 0 Å². The Morgan fingerprint density at radius 2 is 1.78 bits per heavy atom. The van der Waals surface area contributed by atoms with Crippen molar-refractivity contribution in [2.45, 2.75) is 19.4 Å². The molecule has 2 rings (SSSR count). The second-order valence-electron chi connectivity index (χ2n) is 5.23. The zero-order valence-corrected chi connectivity index (χ0v) is 13.7. The third kappa shape index (κ3) is 2.91. The molecule has 1 amide bonds. The van der Waals surface area contributed by atoms with Crippen molar-refractivity contribution in [3.8, 4) is 17.2 Å². The number of nitrogens with zero attached hydrogens (tertiary/aromatic N) is 1. The molecule has 2 atom stereocenters. The molecule has 23 heavy (non-hydrogen) atoms. The van der Waals surface area contributed by atoms with Gasteiger partial charge in [-0.15, -0.1) is 0 Å². The highest BCUT2D eigenvalue weighted by Gasteiger charge is 2.44. The van der Waals surface area contributed by atoms with Gasteiger partial charge in [-0.3, -0.25) is 9.59 Å². The Hall–Kier alpha value is -2.44. The molecule has 7 heteroatoms. The quantitative estimate of drug-likeness (QED) is 0.858. The van der Waals surface area contributed by atoms with Crippen LogP contribution in [0.3, 0.4) is 0 Å². The molecule has 0 spiro atoms. The van der Waals surface area contributed by atoms with Crippen molar-refractivity contribution in [1.29, 1.82) is 0 Å². The first-order valence-corrected chi connectivity index (χ1v) is 7.30. The van der Waals surface area contributed by atoms with E-state index in [1.165, 1.54) is 21.3 Å². The fourth-order valence-corrected chi connectivity index (χ4v) is 3.07. The Balaban J connectivity index is 2.57. The number of methoxy groups -OCH3 is 3. The predicted molar refractivity (Wildman–Crippen MR) is 82.0 cm³/mol. The van der Waals surface area contributed by atoms with Gasteiger partial charge in [-0.05, 0) is 24.6 Å². The number of carbonyl (C=O) groups excluding carboxylic acids is 1. The average molecular weight is 323 g/mol. The zero-order valence-electron chi connectivity index (χ0n) is 13.7. The van der Waals surface area contributed by atoms with E-state index in [1.54, 1.807) is 17.0 Å². The van der Waals surface area contributed by atoms with Crippen LogP contribution in [0.2, 0.25) is 0 Å². The van der Waals surface area contributed by atoms with Crippen LogP contribution >= 0.6 is 0 Å². The van der Waals surface area contributed by atoms with E-state index in [0.717, 1.165) is 0 Å². The average Bonchev–Trinajstić information content (AvgIpc) is 2.89. The molecule has 0 radical (unpaired) electrons. The molecular formula is C16H21NO6. The normalized spacial score (nSPS) is 20.5. The number of carboxylic acids is 1. The van der Waals surface area contributed by atoms with Crippen molar-refractivity contribution >= 4 is 11.9 Å². The molecule has 0 unspecified atom stereocenters. The van der Waals surface area contributed by atoms with Gasteiger partial charge in [-0.25, -0.2) is 0 Å². The number of aliphatic carboxylic acids is 1. The van der Waals surface area contributed by atoms with Gasteiger partial charge in [0.1, 0.15) is 0 Å². The molecule has 0 aromatic heterocycles. The molecule has 1 aromatic carbocycles. The maximum Gasteiger partial charge on any atom is 0.309 e. The standard InChI is InChI=1S/C16H21NO6/c1-5-17-13(18)8-10(16(19)20)14(17)9-6-11(21-2)15(23-4)12(7-9)22-3/h6-7,10,14H,5,8H2,1-4H3,(H,19,20)/t10-,14-/m0/s1. The molecule has 1 saturated heterocycles. The number of amides is 1. The number of hydrogen-bond acceptors (Lipinski definition) is 5. The van der Waals surface area contributed by atoms with E-state index in [1.807, 2.05) is 6.92 Å². The molecule has 0 bridgehead atoms. The predicted octanol–water partition coefficient (Wildman–Crippen LogP) is 1.71. The monoisotopic (exact) mass is 323 g/mol. The first-order valence-electron chi connectivity index (χ1n) is 7.30. The van der Waals surface area contributed by atoms with Crippen molar-refractivity contribution in [2.24, 2.45) is 5.92 Å². The second-order valence-corrected chi connectivity index (χ2v) is 5.23. The van der Waals surface area contributed by atoms with Gasteiger partial charge in [0.2, 0.25) is 11.7 Å². The SMILES string of the molecule is CCN1C(=O)C[C@H](C(=O)O)[C@@H]1c1cc(OC)c(OC)c(OC)c1. The minimum absolute atomic E-state index is 0.00942. The molecular weight excluding hydrogens is 302 g/mol. The number of benzene rings is 1. The van der Waals surface area contributed by atoms with E-state index in [9.17, 15) is 14.7 Å². The third-order valence-corrected chi connectivity index (χ3v) is 4.12. The van der Waals surface area contributed by atoms with Crippen molar-refractivity contribution in [3.05, 3.63) is 17.7 Å². The summed E-state index contributed by atoms with van der Waals surface area (Å²) in [4.78, 5) is 25.2. The largest absolute Gasteiger partial charge is 0.493 e. The van der Waals surface area contributed by atoms with E-state index < -0.39 is 17.9 Å². The van der Waals surface area contributed by atoms with Gasteiger partial charge in [0.25, 0.3) is 0 Å². The van der Waals surface area contributed by atoms with Gasteiger partial charge >= 0.3 is 5.97 Å². The Morgan fingerprint density at radius 3 is 2.17 bits per heavy atom. The molecule has 1 heterocycles. The lowest BCUT2D eigenvalue weighted by Gasteiger charge is -2.27. The Kier molecular flexibility index (Phi) is 4.98. The number of ether oxygens (including phenoxy) is 3. The summed E-state index contributed by atoms with van der Waals surface area (Å²) in [5, 5.41) is 9.46. The van der Waals surface area contributed by atoms with E-state index >= 15 is 0 Å². The van der Waals surface area contributed by atoms with Crippen LogP contribution in [0.1, 0.15) is 24.9 Å². The Bertz CT molecular complexity index is 590. The first-order chi connectivity index (χ1) is 11.0. The van der Waals surface area contributed by atoms with Crippen LogP contribution in [0.5, 0.6) is 17.2 Å². The third-order valence-electron chi connectivity index (χ3n) is 4.12. The summed E-state index contributed by atoms with van der Waals surface area (Å²) in [6.07, 6.45) is -0.00942. The highest BCUT2D eigenvalue weighted by molar-refractivity contribution is 5.87. The van der Waals surface area contributed by atoms with Crippen molar-refractivity contribution in [3.63, 3.8) is 0 Å². The summed E-state index contributed by atoms with van der Waals surface area (Å²) in [6, 6.07) is 2.84. The van der Waals surface area contributed by atoms with Gasteiger partial charge in [0, 0.05) is 13.0 Å². The molecule has 1 aliphatic heterocycles. The van der Waals surface area contributed by atoms with Gasteiger partial charge in [0.05, 0.1) is 33.3 Å². The molecule has 126 valence electrons. The highest BCUT2D eigenvalue weighted by Crippen LogP contribution is 2.45. The van der Waals surface area contributed by atoms with Crippen molar-refractivity contribution in [2.75, 3.05) is 27.9 Å². The molecule has 1 aliphatic rings. The van der Waals surface area contributed by atoms with Crippen LogP contribution in [0.15, 0.2) is 12.1 Å². The minimum atomic E-state index is -0.993. The first kappa shape index (κ1) is 16.9. The molecule has 1 fully saturated rings. The Labute approximate surface area is 134 Å². The molecule has 0 saturated carbocycles. The maximum atomic E-state index is 12.1. The van der Waals surface area contributed by atoms with Crippen LogP contribution in [-0.2, 0) is 9.59 Å². The van der Waals surface area contributed by atoms with Crippen LogP contribution in [0, 0.1) is 5.92 Å². The molecule has 1 N–H and O–H groups in total. The highest BCUT2D eigenvalue weighted by atomic mass is 16.5. The van der Waals surface area contributed by atoms with E-state index in [2.05, 4.69) is 0 Å². The lowest BCUT2D eigenvalue weighted by Crippen LogP contribution is -2.30. The van der Waals surface area contributed by atoms with Gasteiger partial charge < -0.3 is 24.2 Å². The lowest BCUT2D eigenvalue weighted by atomic mass is 9.93. The number of likely N-dealkylation sites (tertiary alicyclic amines) is 1. The molecule has 7 nitrogen and oxygen atoms in total. The van der Waals surface area contributed by atoms with Crippen LogP contribution in [0.25, 0.3) is 0 Å². The second kappa shape index (κ2) is 6.76. The topological polar surface area (TPSA) is 85.3 Å². The number of carboxylic acid groups (broad SMARTS) is 1. The maximum absolute atomic E-state index is 12.1. The van der Waals surface area contributed by atoms with Crippen LogP contribution in [-0.4, -0.2) is 49.8 Å². The van der Waals surface area contributed by atoms with Crippen LogP contribution < -0.4 is 14.2 Å². The van der Waals surface area contributed by atoms with E-state index in [0.29, 0.717) is 29.4 Å². The number of carbonyl (C=O) groups is 2. The van der Waals surface area contributed by atoms with Crippen LogP contribution in [0.4, 0.5) is 0 Å². The van der Waals surface area contributed by atoms with Crippen molar-refractivity contribution < 1.29 is 28.9 Å². The zero-order chi connectivity index (χ0) is 17.1. The van der Waals surface area contributed by atoms with Gasteiger partial charge in [-0.2, -0.15) is 0 Å². The van der Waals surface area contributed by atoms with E-state index in [-0.39, 0.29) is 12.3 Å². The summed E-state index contributed by atoms with van der Waals surface area (Å²) in [7, 11) is 4.48. The van der Waals surface area contributed by atoms with Gasteiger partial charge in [0.15, 0.2) is 11.5 Å². The van der Waals surface area contributed by atoms with Crippen molar-refractivity contribution in [1.82, 2.24) is 4.90 Å². The molecule has 0 aliphatic carbocycles. The summed E-state index contributed by atoms with van der Waals surface area (Å²) in [5.41, 5.74) is 0.652. The fraction of sp³-hybridized carbons (Fsp3) is 0.500. The number of rotatable bonds is 6. The minimum Gasteiger partial charge on any atom is -0.493 e. The number of hydrogen-bond donors (Lipinski definition) is 1. The van der Waals surface area contributed by atoms with E-state index in [4.69, 9.17) is 14.2 Å². The Morgan fingerprint density at radius 1 is 1.22 bits per heavy atom. The summed E-state index contributed by atoms with van der Waals surface area (Å²) in [6.45, 7) is 2.26. The summed E-state index contributed by atoms with van der Waals surface area (Å²) in [5.74, 6) is -0.669. The lowest BCUT2D eigenvalue weighted by molar-refractivity contribution is -0.142. The fourth-order valence-electron chi connectivity index (χ4n) is 3.07. The smallest absolute Gasteiger partial charge is 0.309 e. The summed E-state index contributed by atoms with van der Waals surface area (Å²) >= 11 is 0.